The van der Waals surface area contributed by atoms with E-state index in [2.05, 4.69) is 22.2 Å². The lowest BCUT2D eigenvalue weighted by atomic mass is 10.2. The summed E-state index contributed by atoms with van der Waals surface area (Å²) in [6.45, 7) is 3.23. The van der Waals surface area contributed by atoms with E-state index in [9.17, 15) is 8.42 Å². The van der Waals surface area contributed by atoms with Gasteiger partial charge in [-0.15, -0.1) is 0 Å². The summed E-state index contributed by atoms with van der Waals surface area (Å²) in [5.41, 5.74) is 0.836. The molecule has 0 radical (unpaired) electrons. The Morgan fingerprint density at radius 3 is 2.79 bits per heavy atom. The first-order valence-electron chi connectivity index (χ1n) is 6.37. The monoisotopic (exact) mass is 308 g/mol. The molecule has 0 aliphatic carbocycles. The molecule has 0 saturated carbocycles. The molecule has 0 fully saturated rings. The first kappa shape index (κ1) is 16.4. The van der Waals surface area contributed by atoms with E-state index in [0.29, 0.717) is 24.7 Å². The largest absolute Gasteiger partial charge is 0.344 e. The predicted octanol–water partition coefficient (Wildman–Crippen LogP) is 1.17. The Hall–Kier alpha value is -0.630. The first-order chi connectivity index (χ1) is 8.92. The average molecular weight is 309 g/mol. The van der Waals surface area contributed by atoms with E-state index in [1.54, 1.807) is 0 Å². The van der Waals surface area contributed by atoms with Crippen LogP contribution >= 0.6 is 11.6 Å². The summed E-state index contributed by atoms with van der Waals surface area (Å²) in [6.07, 6.45) is 3.56. The standard InChI is InChI=1S/C11H21ClN4O2S/c1-2-3-5-10-15-9(11(12)16-10)8-14-6-4-7-19(13,17)18/h14H,2-8H2,1H3,(H,15,16)(H2,13,17,18). The highest BCUT2D eigenvalue weighted by molar-refractivity contribution is 7.89. The fraction of sp³-hybridized carbons (Fsp3) is 0.727. The van der Waals surface area contributed by atoms with Gasteiger partial charge >= 0.3 is 0 Å². The minimum absolute atomic E-state index is 0.0154. The lowest BCUT2D eigenvalue weighted by molar-refractivity contribution is 0.590. The van der Waals surface area contributed by atoms with Gasteiger partial charge in [-0.3, -0.25) is 0 Å². The molecule has 0 aromatic carbocycles. The number of hydrogen-bond acceptors (Lipinski definition) is 4. The highest BCUT2D eigenvalue weighted by Crippen LogP contribution is 2.13. The summed E-state index contributed by atoms with van der Waals surface area (Å²) in [5.74, 6) is 0.881. The third-order valence-electron chi connectivity index (χ3n) is 2.63. The fourth-order valence-electron chi connectivity index (χ4n) is 1.63. The Labute approximate surface area is 119 Å². The summed E-state index contributed by atoms with van der Waals surface area (Å²) in [5, 5.41) is 8.50. The van der Waals surface area contributed by atoms with Crippen molar-refractivity contribution in [3.8, 4) is 0 Å². The molecule has 0 bridgehead atoms. The topological polar surface area (TPSA) is 101 Å². The number of halogens is 1. The van der Waals surface area contributed by atoms with Crippen molar-refractivity contribution in [3.63, 3.8) is 0 Å². The molecule has 110 valence electrons. The number of H-pyrrole nitrogens is 1. The van der Waals surface area contributed by atoms with Gasteiger partial charge in [0, 0.05) is 13.0 Å². The molecule has 1 heterocycles. The summed E-state index contributed by atoms with van der Waals surface area (Å²) in [6, 6.07) is 0. The lowest BCUT2D eigenvalue weighted by Gasteiger charge is -2.02. The van der Waals surface area contributed by atoms with Crippen molar-refractivity contribution < 1.29 is 8.42 Å². The molecule has 0 aliphatic rings. The van der Waals surface area contributed by atoms with E-state index in [-0.39, 0.29) is 5.75 Å². The van der Waals surface area contributed by atoms with Gasteiger partial charge in [0.25, 0.3) is 0 Å². The van der Waals surface area contributed by atoms with Gasteiger partial charge in [0.15, 0.2) is 5.15 Å². The molecule has 0 unspecified atom stereocenters. The Bertz CT molecular complexity index is 487. The van der Waals surface area contributed by atoms with Gasteiger partial charge in [-0.1, -0.05) is 24.9 Å². The van der Waals surface area contributed by atoms with Crippen LogP contribution in [-0.2, 0) is 23.0 Å². The summed E-state index contributed by atoms with van der Waals surface area (Å²) in [7, 11) is -3.37. The van der Waals surface area contributed by atoms with E-state index in [4.69, 9.17) is 16.7 Å². The number of nitrogens with two attached hydrogens (primary N) is 1. The Balaban J connectivity index is 2.31. The highest BCUT2D eigenvalue weighted by Gasteiger charge is 2.07. The second-order valence-electron chi connectivity index (χ2n) is 4.45. The number of imidazole rings is 1. The lowest BCUT2D eigenvalue weighted by Crippen LogP contribution is -2.22. The number of sulfonamides is 1. The van der Waals surface area contributed by atoms with Crippen molar-refractivity contribution >= 4 is 21.6 Å². The van der Waals surface area contributed by atoms with Crippen LogP contribution in [0.3, 0.4) is 0 Å². The van der Waals surface area contributed by atoms with E-state index in [1.165, 1.54) is 0 Å². The van der Waals surface area contributed by atoms with Gasteiger partial charge in [0.05, 0.1) is 11.4 Å². The third-order valence-corrected chi connectivity index (χ3v) is 3.80. The maximum absolute atomic E-state index is 10.7. The number of nitrogens with one attached hydrogen (secondary N) is 2. The molecule has 0 aliphatic heterocycles. The molecule has 0 amide bonds. The number of primary sulfonamides is 1. The number of unbranched alkanes of at least 4 members (excludes halogenated alkanes) is 1. The maximum atomic E-state index is 10.7. The Kier molecular flexibility index (Phi) is 6.78. The van der Waals surface area contributed by atoms with Crippen molar-refractivity contribution in [2.75, 3.05) is 12.3 Å². The zero-order valence-corrected chi connectivity index (χ0v) is 12.6. The van der Waals surface area contributed by atoms with E-state index >= 15 is 0 Å². The molecule has 0 spiro atoms. The van der Waals surface area contributed by atoms with Crippen LogP contribution < -0.4 is 10.5 Å². The van der Waals surface area contributed by atoms with Crippen LogP contribution in [0.1, 0.15) is 37.7 Å². The molecular weight excluding hydrogens is 288 g/mol. The molecule has 0 atom stereocenters. The minimum Gasteiger partial charge on any atom is -0.344 e. The molecule has 1 aromatic heterocycles. The molecule has 6 nitrogen and oxygen atoms in total. The molecule has 4 N–H and O–H groups in total. The van der Waals surface area contributed by atoms with Crippen LogP contribution in [-0.4, -0.2) is 30.7 Å². The molecule has 1 rings (SSSR count). The zero-order valence-electron chi connectivity index (χ0n) is 11.1. The van der Waals surface area contributed by atoms with Gasteiger partial charge in [-0.05, 0) is 19.4 Å². The van der Waals surface area contributed by atoms with Gasteiger partial charge < -0.3 is 10.3 Å². The smallest absolute Gasteiger partial charge is 0.209 e. The van der Waals surface area contributed by atoms with Crippen molar-refractivity contribution in [1.82, 2.24) is 15.3 Å². The molecule has 8 heteroatoms. The van der Waals surface area contributed by atoms with Crippen molar-refractivity contribution in [3.05, 3.63) is 16.7 Å². The van der Waals surface area contributed by atoms with Crippen LogP contribution in [0.25, 0.3) is 0 Å². The number of rotatable bonds is 9. The summed E-state index contributed by atoms with van der Waals surface area (Å²) in [4.78, 5) is 7.42. The molecular formula is C11H21ClN4O2S. The zero-order chi connectivity index (χ0) is 14.3. The highest BCUT2D eigenvalue weighted by atomic mass is 35.5. The second-order valence-corrected chi connectivity index (χ2v) is 6.55. The Morgan fingerprint density at radius 2 is 2.16 bits per heavy atom. The van der Waals surface area contributed by atoms with Gasteiger partial charge in [-0.25, -0.2) is 18.5 Å². The molecule has 19 heavy (non-hydrogen) atoms. The van der Waals surface area contributed by atoms with Crippen LogP contribution in [0.15, 0.2) is 0 Å². The first-order valence-corrected chi connectivity index (χ1v) is 8.46. The number of hydrogen-bond donors (Lipinski definition) is 3. The van der Waals surface area contributed by atoms with Crippen LogP contribution in [0.2, 0.25) is 5.15 Å². The third kappa shape index (κ3) is 6.91. The van der Waals surface area contributed by atoms with Crippen molar-refractivity contribution in [2.45, 2.75) is 39.2 Å². The van der Waals surface area contributed by atoms with E-state index in [1.807, 2.05) is 0 Å². The normalized spacial score (nSPS) is 11.9. The number of nitrogens with zero attached hydrogens (tertiary/aromatic N) is 1. The van der Waals surface area contributed by atoms with Crippen molar-refractivity contribution in [2.24, 2.45) is 5.14 Å². The van der Waals surface area contributed by atoms with Crippen LogP contribution in [0.5, 0.6) is 0 Å². The molecule has 1 aromatic rings. The van der Waals surface area contributed by atoms with E-state index in [0.717, 1.165) is 30.8 Å². The van der Waals surface area contributed by atoms with Crippen LogP contribution in [0.4, 0.5) is 0 Å². The Morgan fingerprint density at radius 1 is 1.42 bits per heavy atom. The second kappa shape index (κ2) is 7.84. The minimum atomic E-state index is -3.37. The SMILES string of the molecule is CCCCc1nc(Cl)c(CNCCCS(N)(=O)=O)[nH]1. The molecule has 0 saturated heterocycles. The number of aromatic nitrogens is 2. The summed E-state index contributed by atoms with van der Waals surface area (Å²) < 4.78 is 21.5. The fourth-order valence-corrected chi connectivity index (χ4v) is 2.39. The quantitative estimate of drug-likeness (QED) is 0.596. The average Bonchev–Trinajstić information content (AvgIpc) is 2.66. The number of aromatic amines is 1. The predicted molar refractivity (Wildman–Crippen MR) is 76.5 cm³/mol. The van der Waals surface area contributed by atoms with Gasteiger partial charge in [-0.2, -0.15) is 0 Å². The maximum Gasteiger partial charge on any atom is 0.209 e. The van der Waals surface area contributed by atoms with Gasteiger partial charge in [0.2, 0.25) is 10.0 Å². The van der Waals surface area contributed by atoms with Crippen LogP contribution in [0, 0.1) is 0 Å². The van der Waals surface area contributed by atoms with Gasteiger partial charge in [0.1, 0.15) is 5.82 Å². The summed E-state index contributed by atoms with van der Waals surface area (Å²) >= 11 is 6.01. The number of aryl methyl sites for hydroxylation is 1. The van der Waals surface area contributed by atoms with Crippen molar-refractivity contribution in [1.29, 1.82) is 0 Å². The van der Waals surface area contributed by atoms with E-state index < -0.39 is 10.0 Å².